The molecule has 0 aliphatic carbocycles. The molecule has 0 heterocycles. The molecular weight excluding hydrogens is 204 g/mol. The van der Waals surface area contributed by atoms with E-state index in [1.54, 1.807) is 6.08 Å². The Morgan fingerprint density at radius 1 is 0.647 bits per heavy atom. The van der Waals surface area contributed by atoms with Crippen LogP contribution in [0.2, 0.25) is 0 Å². The van der Waals surface area contributed by atoms with Gasteiger partial charge in [-0.25, -0.2) is 0 Å². The molecule has 0 saturated heterocycles. The molecule has 0 N–H and O–H groups in total. The third-order valence-electron chi connectivity index (χ3n) is 3.13. The number of unbranched alkanes of at least 4 members (excludes halogenated alkanes) is 10. The lowest BCUT2D eigenvalue weighted by atomic mass is 10.1. The van der Waals surface area contributed by atoms with E-state index in [2.05, 4.69) is 19.1 Å². The molecule has 0 aliphatic rings. The van der Waals surface area contributed by atoms with Crippen molar-refractivity contribution in [3.63, 3.8) is 0 Å². The van der Waals surface area contributed by atoms with Crippen molar-refractivity contribution >= 4 is 0 Å². The van der Waals surface area contributed by atoms with Crippen molar-refractivity contribution in [3.8, 4) is 0 Å². The molecule has 0 rings (SSSR count). The fourth-order valence-corrected chi connectivity index (χ4v) is 1.97. The van der Waals surface area contributed by atoms with E-state index in [1.165, 1.54) is 70.6 Å². The van der Waals surface area contributed by atoms with Gasteiger partial charge in [-0.3, -0.25) is 0 Å². The Labute approximate surface area is 109 Å². The van der Waals surface area contributed by atoms with E-state index in [1.807, 2.05) is 0 Å². The quantitative estimate of drug-likeness (QED) is 0.262. The van der Waals surface area contributed by atoms with Crippen LogP contribution in [-0.2, 0) is 0 Å². The molecule has 17 heavy (non-hydrogen) atoms. The predicted molar refractivity (Wildman–Crippen MR) is 79.1 cm³/mol. The molecule has 99 valence electrons. The molecule has 0 aliphatic heterocycles. The summed E-state index contributed by atoms with van der Waals surface area (Å²) in [5, 5.41) is 0. The highest BCUT2D eigenvalue weighted by Crippen LogP contribution is 2.10. The van der Waals surface area contributed by atoms with Gasteiger partial charge in [0, 0.05) is 0 Å². The van der Waals surface area contributed by atoms with Crippen LogP contribution >= 0.6 is 0 Å². The summed E-state index contributed by atoms with van der Waals surface area (Å²) in [5.74, 6) is 0. The molecule has 0 aromatic heterocycles. The normalized spacial score (nSPS) is 11.1. The molecule has 0 bridgehead atoms. The first kappa shape index (κ1) is 16.5. The Morgan fingerprint density at radius 2 is 1.12 bits per heavy atom. The van der Waals surface area contributed by atoms with E-state index in [-0.39, 0.29) is 0 Å². The number of hydrogen-bond donors (Lipinski definition) is 0. The minimum atomic E-state index is 1.09. The lowest BCUT2D eigenvalue weighted by molar-refractivity contribution is 0.583. The molecule has 0 nitrogen and oxygen atoms in total. The van der Waals surface area contributed by atoms with Gasteiger partial charge in [0.2, 0.25) is 0 Å². The van der Waals surface area contributed by atoms with E-state index in [0.29, 0.717) is 0 Å². The van der Waals surface area contributed by atoms with Crippen LogP contribution in [0, 0.1) is 6.58 Å². The van der Waals surface area contributed by atoms with Gasteiger partial charge >= 0.3 is 0 Å². The van der Waals surface area contributed by atoms with Crippen molar-refractivity contribution in [3.05, 3.63) is 24.8 Å². The van der Waals surface area contributed by atoms with E-state index in [4.69, 9.17) is 6.58 Å². The fourth-order valence-electron chi connectivity index (χ4n) is 1.97. The summed E-state index contributed by atoms with van der Waals surface area (Å²) in [6.45, 7) is 7.59. The zero-order valence-corrected chi connectivity index (χ0v) is 11.8. The van der Waals surface area contributed by atoms with Crippen molar-refractivity contribution in [2.75, 3.05) is 0 Å². The Bertz CT molecular complexity index is 167. The number of hydrogen-bond acceptors (Lipinski definition) is 0. The van der Waals surface area contributed by atoms with Crippen LogP contribution in [-0.4, -0.2) is 0 Å². The minimum Gasteiger partial charge on any atom is -0.0885 e. The SMILES string of the molecule is [CH]=CCCCCCCCCCC=CCCCC. The summed E-state index contributed by atoms with van der Waals surface area (Å²) in [7, 11) is 0. The molecule has 0 unspecified atom stereocenters. The molecule has 1 radical (unpaired) electrons. The van der Waals surface area contributed by atoms with Crippen molar-refractivity contribution in [2.45, 2.75) is 84.0 Å². The zero-order chi connectivity index (χ0) is 12.6. The number of rotatable bonds is 13. The van der Waals surface area contributed by atoms with Crippen LogP contribution in [0.4, 0.5) is 0 Å². The topological polar surface area (TPSA) is 0 Å². The summed E-state index contributed by atoms with van der Waals surface area (Å²) in [6, 6.07) is 0. The van der Waals surface area contributed by atoms with Gasteiger partial charge in [-0.1, -0.05) is 76.7 Å². The first-order valence-corrected chi connectivity index (χ1v) is 7.60. The van der Waals surface area contributed by atoms with Crippen molar-refractivity contribution < 1.29 is 0 Å². The molecule has 0 atom stereocenters. The van der Waals surface area contributed by atoms with Gasteiger partial charge in [0.15, 0.2) is 0 Å². The molecule has 0 aromatic rings. The third kappa shape index (κ3) is 15.5. The van der Waals surface area contributed by atoms with E-state index in [9.17, 15) is 0 Å². The minimum absolute atomic E-state index is 1.09. The number of allylic oxidation sites excluding steroid dienone is 3. The van der Waals surface area contributed by atoms with Gasteiger partial charge in [-0.05, 0) is 32.1 Å². The lowest BCUT2D eigenvalue weighted by Gasteiger charge is -2.00. The third-order valence-corrected chi connectivity index (χ3v) is 3.13. The van der Waals surface area contributed by atoms with Crippen molar-refractivity contribution in [1.29, 1.82) is 0 Å². The lowest BCUT2D eigenvalue weighted by Crippen LogP contribution is -1.80. The van der Waals surface area contributed by atoms with Crippen LogP contribution in [0.25, 0.3) is 0 Å². The standard InChI is InChI=1S/C17H31/c1-3-5-7-9-11-13-15-17-16-14-12-10-8-6-4-2/h1,3,10,12H,4-9,11,13-17H2,2H3. The summed E-state index contributed by atoms with van der Waals surface area (Å²) in [6.07, 6.45) is 22.4. The van der Waals surface area contributed by atoms with Gasteiger partial charge in [0.1, 0.15) is 0 Å². The Hall–Kier alpha value is -0.520. The first-order chi connectivity index (χ1) is 8.41. The predicted octanol–water partition coefficient (Wildman–Crippen LogP) is 6.23. The zero-order valence-electron chi connectivity index (χ0n) is 11.8. The van der Waals surface area contributed by atoms with E-state index < -0.39 is 0 Å². The highest BCUT2D eigenvalue weighted by atomic mass is 14.0. The van der Waals surface area contributed by atoms with E-state index in [0.717, 1.165) is 6.42 Å². The smallest absolute Gasteiger partial charge is 0.0348 e. The molecule has 0 heteroatoms. The Morgan fingerprint density at radius 3 is 1.65 bits per heavy atom. The van der Waals surface area contributed by atoms with Crippen LogP contribution in [0.3, 0.4) is 0 Å². The van der Waals surface area contributed by atoms with Crippen LogP contribution < -0.4 is 0 Å². The van der Waals surface area contributed by atoms with Crippen molar-refractivity contribution in [2.24, 2.45) is 0 Å². The maximum absolute atomic E-state index is 5.34. The molecule has 0 saturated carbocycles. The first-order valence-electron chi connectivity index (χ1n) is 7.60. The molecule has 0 fully saturated rings. The fraction of sp³-hybridized carbons (Fsp3) is 0.765. The van der Waals surface area contributed by atoms with Crippen LogP contribution in [0.5, 0.6) is 0 Å². The monoisotopic (exact) mass is 235 g/mol. The maximum Gasteiger partial charge on any atom is -0.0348 e. The Balaban J connectivity index is 2.98. The maximum atomic E-state index is 5.34. The molecule has 0 amide bonds. The van der Waals surface area contributed by atoms with Gasteiger partial charge < -0.3 is 0 Å². The second-order valence-electron chi connectivity index (χ2n) is 4.90. The average molecular weight is 235 g/mol. The van der Waals surface area contributed by atoms with E-state index >= 15 is 0 Å². The van der Waals surface area contributed by atoms with Gasteiger partial charge in [0.05, 0.1) is 0 Å². The summed E-state index contributed by atoms with van der Waals surface area (Å²) >= 11 is 0. The Kier molecular flexibility index (Phi) is 15.0. The highest BCUT2D eigenvalue weighted by Gasteiger charge is 1.90. The summed E-state index contributed by atoms with van der Waals surface area (Å²) in [5.41, 5.74) is 0. The van der Waals surface area contributed by atoms with Crippen molar-refractivity contribution in [1.82, 2.24) is 0 Å². The second-order valence-corrected chi connectivity index (χ2v) is 4.90. The van der Waals surface area contributed by atoms with Gasteiger partial charge in [0.25, 0.3) is 0 Å². The van der Waals surface area contributed by atoms with Gasteiger partial charge in [-0.15, -0.1) is 0 Å². The van der Waals surface area contributed by atoms with Crippen LogP contribution in [0.1, 0.15) is 84.0 Å². The average Bonchev–Trinajstić information content (AvgIpc) is 2.35. The highest BCUT2D eigenvalue weighted by molar-refractivity contribution is 4.81. The van der Waals surface area contributed by atoms with Gasteiger partial charge in [-0.2, -0.15) is 0 Å². The molecule has 0 aromatic carbocycles. The van der Waals surface area contributed by atoms with Crippen LogP contribution in [0.15, 0.2) is 18.2 Å². The summed E-state index contributed by atoms with van der Waals surface area (Å²) in [4.78, 5) is 0. The molecule has 0 spiro atoms. The molecular formula is C17H31. The largest absolute Gasteiger partial charge is 0.0885 e. The summed E-state index contributed by atoms with van der Waals surface area (Å²) < 4.78 is 0. The second kappa shape index (κ2) is 15.5.